The zero-order chi connectivity index (χ0) is 6.41. The maximum absolute atomic E-state index is 10.2. The lowest BCUT2D eigenvalue weighted by Gasteiger charge is -1.90. The molecular formula is C5H10NOS. The molecule has 0 aliphatic rings. The summed E-state index contributed by atoms with van der Waals surface area (Å²) < 4.78 is 0. The van der Waals surface area contributed by atoms with Crippen molar-refractivity contribution in [1.29, 1.82) is 0 Å². The van der Waals surface area contributed by atoms with Gasteiger partial charge in [-0.05, 0) is 6.42 Å². The zero-order valence-electron chi connectivity index (χ0n) is 4.89. The fourth-order valence-corrected chi connectivity index (χ4v) is 0.812. The highest BCUT2D eigenvalue weighted by Crippen LogP contribution is 2.02. The summed E-state index contributed by atoms with van der Waals surface area (Å²) in [4.78, 5) is 10.2. The highest BCUT2D eigenvalue weighted by Gasteiger charge is 1.90. The second kappa shape index (κ2) is 5.12. The Morgan fingerprint density at radius 1 is 1.88 bits per heavy atom. The molecule has 0 saturated heterocycles. The predicted molar refractivity (Wildman–Crippen MR) is 36.2 cm³/mol. The van der Waals surface area contributed by atoms with E-state index in [0.717, 1.165) is 12.2 Å². The van der Waals surface area contributed by atoms with Gasteiger partial charge in [-0.1, -0.05) is 11.8 Å². The molecule has 0 atom stereocenters. The lowest BCUT2D eigenvalue weighted by Crippen LogP contribution is -1.93. The van der Waals surface area contributed by atoms with E-state index in [4.69, 9.17) is 5.73 Å². The lowest BCUT2D eigenvalue weighted by molar-refractivity contribution is -0.109. The third-order valence-electron chi connectivity index (χ3n) is 0.590. The molecule has 0 heterocycles. The minimum atomic E-state index is 0.159. The fraction of sp³-hybridized carbons (Fsp3) is 0.600. The number of nitrogens with two attached hydrogens (primary N) is 1. The molecule has 0 bridgehead atoms. The molecule has 0 aliphatic heterocycles. The number of rotatable bonds is 3. The quantitative estimate of drug-likeness (QED) is 0.577. The molecule has 0 saturated carbocycles. The second-order valence-electron chi connectivity index (χ2n) is 1.36. The van der Waals surface area contributed by atoms with Crippen LogP contribution in [0.25, 0.3) is 0 Å². The van der Waals surface area contributed by atoms with Gasteiger partial charge in [0.15, 0.2) is 5.12 Å². The van der Waals surface area contributed by atoms with Crippen LogP contribution in [0.15, 0.2) is 0 Å². The first-order valence-electron chi connectivity index (χ1n) is 2.44. The van der Waals surface area contributed by atoms with Crippen molar-refractivity contribution in [2.45, 2.75) is 13.3 Å². The highest BCUT2D eigenvalue weighted by molar-refractivity contribution is 8.13. The van der Waals surface area contributed by atoms with Crippen LogP contribution < -0.4 is 5.73 Å². The summed E-state index contributed by atoms with van der Waals surface area (Å²) in [6.45, 7) is 3.12. The fourth-order valence-electron chi connectivity index (χ4n) is 0.271. The van der Waals surface area contributed by atoms with Crippen molar-refractivity contribution in [2.75, 3.05) is 5.75 Å². The number of carbonyl (C=O) groups is 1. The topological polar surface area (TPSA) is 43.1 Å². The van der Waals surface area contributed by atoms with E-state index in [2.05, 4.69) is 0 Å². The first kappa shape index (κ1) is 7.98. The van der Waals surface area contributed by atoms with Crippen LogP contribution in [-0.4, -0.2) is 10.9 Å². The summed E-state index contributed by atoms with van der Waals surface area (Å²) in [5.74, 6) is 0.811. The van der Waals surface area contributed by atoms with Crippen molar-refractivity contribution in [3.63, 3.8) is 0 Å². The number of carbonyl (C=O) groups excluding carboxylic acids is 1. The average Bonchev–Trinajstić information content (AvgIpc) is 1.66. The van der Waals surface area contributed by atoms with Gasteiger partial charge in [0, 0.05) is 19.2 Å². The van der Waals surface area contributed by atoms with Crippen LogP contribution in [0, 0.1) is 6.54 Å². The van der Waals surface area contributed by atoms with Crippen LogP contribution in [-0.2, 0) is 4.79 Å². The standard InChI is InChI=1S/C5H10NOS/c1-5(7)8-4-2-3-6/h3H,2,4,6H2,1H3. The third kappa shape index (κ3) is 5.98. The molecule has 0 aliphatic carbocycles. The average molecular weight is 132 g/mol. The summed E-state index contributed by atoms with van der Waals surface area (Å²) in [5, 5.41) is 0.159. The van der Waals surface area contributed by atoms with E-state index >= 15 is 0 Å². The first-order valence-corrected chi connectivity index (χ1v) is 3.42. The molecule has 0 aromatic heterocycles. The van der Waals surface area contributed by atoms with Crippen LogP contribution >= 0.6 is 11.8 Å². The molecule has 0 spiro atoms. The van der Waals surface area contributed by atoms with Gasteiger partial charge in [0.2, 0.25) is 0 Å². The van der Waals surface area contributed by atoms with Crippen LogP contribution in [0.5, 0.6) is 0 Å². The van der Waals surface area contributed by atoms with Crippen molar-refractivity contribution in [3.8, 4) is 0 Å². The summed E-state index contributed by atoms with van der Waals surface area (Å²) in [6.07, 6.45) is 0.810. The molecule has 0 fully saturated rings. The van der Waals surface area contributed by atoms with Crippen LogP contribution in [0.4, 0.5) is 0 Å². The highest BCUT2D eigenvalue weighted by atomic mass is 32.2. The molecule has 1 radical (unpaired) electrons. The molecule has 0 unspecified atom stereocenters. The Kier molecular flexibility index (Phi) is 5.11. The molecule has 2 N–H and O–H groups in total. The van der Waals surface area contributed by atoms with E-state index in [1.807, 2.05) is 0 Å². The van der Waals surface area contributed by atoms with E-state index < -0.39 is 0 Å². The van der Waals surface area contributed by atoms with Crippen LogP contribution in [0.2, 0.25) is 0 Å². The lowest BCUT2D eigenvalue weighted by atomic mass is 10.5. The van der Waals surface area contributed by atoms with E-state index in [-0.39, 0.29) is 5.12 Å². The Hall–Kier alpha value is -0.0200. The Morgan fingerprint density at radius 3 is 2.88 bits per heavy atom. The molecule has 47 valence electrons. The maximum Gasteiger partial charge on any atom is 0.185 e. The van der Waals surface area contributed by atoms with Gasteiger partial charge in [-0.25, -0.2) is 0 Å². The van der Waals surface area contributed by atoms with Gasteiger partial charge < -0.3 is 5.73 Å². The monoisotopic (exact) mass is 132 g/mol. The van der Waals surface area contributed by atoms with E-state index in [1.165, 1.54) is 11.8 Å². The van der Waals surface area contributed by atoms with Crippen LogP contribution in [0.3, 0.4) is 0 Å². The molecule has 0 rings (SSSR count). The van der Waals surface area contributed by atoms with Gasteiger partial charge in [-0.15, -0.1) is 0 Å². The van der Waals surface area contributed by atoms with Crippen molar-refractivity contribution in [1.82, 2.24) is 0 Å². The summed E-state index contributed by atoms with van der Waals surface area (Å²) in [6, 6.07) is 0. The largest absolute Gasteiger partial charge is 0.326 e. The van der Waals surface area contributed by atoms with Crippen molar-refractivity contribution < 1.29 is 4.79 Å². The SMILES string of the molecule is CC(=O)SCC[CH]N. The van der Waals surface area contributed by atoms with Gasteiger partial charge in [-0.2, -0.15) is 0 Å². The third-order valence-corrected chi connectivity index (χ3v) is 1.44. The minimum Gasteiger partial charge on any atom is -0.326 e. The molecule has 8 heavy (non-hydrogen) atoms. The molecule has 0 amide bonds. The van der Waals surface area contributed by atoms with Gasteiger partial charge in [0.05, 0.1) is 0 Å². The smallest absolute Gasteiger partial charge is 0.185 e. The Morgan fingerprint density at radius 2 is 2.50 bits per heavy atom. The Balaban J connectivity index is 2.82. The van der Waals surface area contributed by atoms with Crippen molar-refractivity contribution in [2.24, 2.45) is 5.73 Å². The van der Waals surface area contributed by atoms with Crippen LogP contribution in [0.1, 0.15) is 13.3 Å². The van der Waals surface area contributed by atoms with Gasteiger partial charge in [0.1, 0.15) is 0 Å². The molecule has 3 heteroatoms. The van der Waals surface area contributed by atoms with Crippen molar-refractivity contribution >= 4 is 16.9 Å². The molecular weight excluding hydrogens is 122 g/mol. The van der Waals surface area contributed by atoms with Gasteiger partial charge in [0.25, 0.3) is 0 Å². The maximum atomic E-state index is 10.2. The summed E-state index contributed by atoms with van der Waals surface area (Å²) in [7, 11) is 0. The first-order chi connectivity index (χ1) is 3.77. The number of hydrogen-bond donors (Lipinski definition) is 1. The number of thioether (sulfide) groups is 1. The molecule has 0 aromatic carbocycles. The zero-order valence-corrected chi connectivity index (χ0v) is 5.70. The number of hydrogen-bond acceptors (Lipinski definition) is 3. The summed E-state index contributed by atoms with van der Waals surface area (Å²) >= 11 is 1.31. The Labute approximate surface area is 53.8 Å². The van der Waals surface area contributed by atoms with E-state index in [1.54, 1.807) is 13.5 Å². The van der Waals surface area contributed by atoms with E-state index in [0.29, 0.717) is 0 Å². The normalized spacial score (nSPS) is 9.25. The van der Waals surface area contributed by atoms with Gasteiger partial charge >= 0.3 is 0 Å². The predicted octanol–water partition coefficient (Wildman–Crippen LogP) is 0.777. The second-order valence-corrected chi connectivity index (χ2v) is 2.64. The Bertz CT molecular complexity index is 74.8. The minimum absolute atomic E-state index is 0.159. The molecule has 2 nitrogen and oxygen atoms in total. The van der Waals surface area contributed by atoms with Gasteiger partial charge in [-0.3, -0.25) is 4.79 Å². The molecule has 0 aromatic rings. The van der Waals surface area contributed by atoms with E-state index in [9.17, 15) is 4.79 Å². The van der Waals surface area contributed by atoms with Crippen molar-refractivity contribution in [3.05, 3.63) is 6.54 Å². The summed E-state index contributed by atoms with van der Waals surface area (Å²) in [5.41, 5.74) is 5.07.